The molecule has 0 bridgehead atoms. The van der Waals surface area contributed by atoms with Crippen molar-refractivity contribution in [2.24, 2.45) is 0 Å². The molecular formula is C27H52O2. The number of hydrogen-bond acceptors (Lipinski definition) is 2. The zero-order chi connectivity index (χ0) is 21.4. The third-order valence-electron chi connectivity index (χ3n) is 5.95. The van der Waals surface area contributed by atoms with Gasteiger partial charge in [-0.3, -0.25) is 0 Å². The minimum Gasteiger partial charge on any atom is -0.462 e. The molecule has 0 saturated carbocycles. The SMILES string of the molecule is C=C(CC)C(=O)OCCCCCCCCCCCCCCCCCCCCCC. The highest BCUT2D eigenvalue weighted by Gasteiger charge is 2.04. The first-order valence-corrected chi connectivity index (χ1v) is 13.1. The largest absolute Gasteiger partial charge is 0.462 e. The first-order valence-electron chi connectivity index (χ1n) is 13.1. The lowest BCUT2D eigenvalue weighted by Crippen LogP contribution is -2.07. The number of rotatable bonds is 23. The normalized spacial score (nSPS) is 11.0. The molecule has 2 heteroatoms. The van der Waals surface area contributed by atoms with Crippen molar-refractivity contribution >= 4 is 5.97 Å². The molecule has 0 aromatic rings. The Morgan fingerprint density at radius 2 is 0.862 bits per heavy atom. The maximum absolute atomic E-state index is 11.5. The third kappa shape index (κ3) is 21.7. The van der Waals surface area contributed by atoms with E-state index in [-0.39, 0.29) is 5.97 Å². The molecule has 0 aromatic carbocycles. The number of esters is 1. The van der Waals surface area contributed by atoms with E-state index in [9.17, 15) is 4.79 Å². The van der Waals surface area contributed by atoms with Crippen LogP contribution in [-0.2, 0) is 9.53 Å². The van der Waals surface area contributed by atoms with Gasteiger partial charge >= 0.3 is 5.97 Å². The van der Waals surface area contributed by atoms with Crippen molar-refractivity contribution in [2.75, 3.05) is 6.61 Å². The van der Waals surface area contributed by atoms with Crippen LogP contribution in [0.15, 0.2) is 12.2 Å². The van der Waals surface area contributed by atoms with Gasteiger partial charge in [0.1, 0.15) is 0 Å². The van der Waals surface area contributed by atoms with Gasteiger partial charge in [-0.15, -0.1) is 0 Å². The molecule has 0 atom stereocenters. The van der Waals surface area contributed by atoms with E-state index >= 15 is 0 Å². The molecule has 0 radical (unpaired) electrons. The summed E-state index contributed by atoms with van der Waals surface area (Å²) >= 11 is 0. The highest BCUT2D eigenvalue weighted by Crippen LogP contribution is 2.14. The van der Waals surface area contributed by atoms with E-state index in [1.807, 2.05) is 6.92 Å². The molecule has 0 heterocycles. The van der Waals surface area contributed by atoms with E-state index in [4.69, 9.17) is 4.74 Å². The Labute approximate surface area is 183 Å². The maximum Gasteiger partial charge on any atom is 0.333 e. The fourth-order valence-corrected chi connectivity index (χ4v) is 3.77. The summed E-state index contributed by atoms with van der Waals surface area (Å²) in [7, 11) is 0. The minimum atomic E-state index is -0.217. The van der Waals surface area contributed by atoms with E-state index in [1.165, 1.54) is 122 Å². The molecule has 0 aliphatic rings. The summed E-state index contributed by atoms with van der Waals surface area (Å²) in [6.45, 7) is 8.48. The maximum atomic E-state index is 11.5. The summed E-state index contributed by atoms with van der Waals surface area (Å²) in [4.78, 5) is 11.5. The van der Waals surface area contributed by atoms with Crippen LogP contribution in [-0.4, -0.2) is 12.6 Å². The zero-order valence-corrected chi connectivity index (χ0v) is 20.1. The standard InChI is InChI=1S/C27H52O2/c1-4-6-7-8-9-10-11-12-13-14-15-16-17-18-19-20-21-22-23-24-25-29-27(28)26(3)5-2/h3-25H2,1-2H3. The van der Waals surface area contributed by atoms with Crippen LogP contribution in [0.3, 0.4) is 0 Å². The van der Waals surface area contributed by atoms with Gasteiger partial charge in [0.2, 0.25) is 0 Å². The molecule has 0 aromatic heterocycles. The van der Waals surface area contributed by atoms with Crippen LogP contribution in [0, 0.1) is 0 Å². The summed E-state index contributed by atoms with van der Waals surface area (Å²) in [6.07, 6.45) is 28.3. The van der Waals surface area contributed by atoms with Crippen molar-refractivity contribution in [3.63, 3.8) is 0 Å². The van der Waals surface area contributed by atoms with Crippen molar-refractivity contribution in [2.45, 2.75) is 149 Å². The molecular weight excluding hydrogens is 356 g/mol. The highest BCUT2D eigenvalue weighted by atomic mass is 16.5. The quantitative estimate of drug-likeness (QED) is 0.0956. The second-order valence-corrected chi connectivity index (χ2v) is 8.81. The van der Waals surface area contributed by atoms with Crippen LogP contribution in [0.5, 0.6) is 0 Å². The lowest BCUT2D eigenvalue weighted by atomic mass is 10.0. The summed E-state index contributed by atoms with van der Waals surface area (Å²) in [5.41, 5.74) is 0.582. The van der Waals surface area contributed by atoms with Crippen LogP contribution < -0.4 is 0 Å². The van der Waals surface area contributed by atoms with E-state index in [0.717, 1.165) is 6.42 Å². The van der Waals surface area contributed by atoms with Crippen molar-refractivity contribution in [1.29, 1.82) is 0 Å². The zero-order valence-electron chi connectivity index (χ0n) is 20.1. The van der Waals surface area contributed by atoms with Crippen LogP contribution in [0.25, 0.3) is 0 Å². The Balaban J connectivity index is 3.08. The molecule has 0 unspecified atom stereocenters. The van der Waals surface area contributed by atoms with Crippen molar-refractivity contribution in [3.05, 3.63) is 12.2 Å². The highest BCUT2D eigenvalue weighted by molar-refractivity contribution is 5.87. The van der Waals surface area contributed by atoms with Crippen LogP contribution in [0.2, 0.25) is 0 Å². The van der Waals surface area contributed by atoms with Gasteiger partial charge in [-0.25, -0.2) is 4.79 Å². The molecule has 0 rings (SSSR count). The smallest absolute Gasteiger partial charge is 0.333 e. The van der Waals surface area contributed by atoms with Crippen LogP contribution >= 0.6 is 0 Å². The summed E-state index contributed by atoms with van der Waals surface area (Å²) in [5.74, 6) is -0.217. The molecule has 29 heavy (non-hydrogen) atoms. The summed E-state index contributed by atoms with van der Waals surface area (Å²) < 4.78 is 5.19. The summed E-state index contributed by atoms with van der Waals surface area (Å²) in [5, 5.41) is 0. The van der Waals surface area contributed by atoms with E-state index in [1.54, 1.807) is 0 Å². The summed E-state index contributed by atoms with van der Waals surface area (Å²) in [6, 6.07) is 0. The average Bonchev–Trinajstić information content (AvgIpc) is 2.74. The molecule has 0 aliphatic heterocycles. The third-order valence-corrected chi connectivity index (χ3v) is 5.95. The molecule has 2 nitrogen and oxygen atoms in total. The van der Waals surface area contributed by atoms with Gasteiger partial charge in [-0.05, 0) is 12.8 Å². The van der Waals surface area contributed by atoms with E-state index < -0.39 is 0 Å². The van der Waals surface area contributed by atoms with Crippen molar-refractivity contribution in [1.82, 2.24) is 0 Å². The molecule has 0 saturated heterocycles. The fourth-order valence-electron chi connectivity index (χ4n) is 3.77. The minimum absolute atomic E-state index is 0.217. The second kappa shape index (κ2) is 23.5. The predicted molar refractivity (Wildman–Crippen MR) is 128 cm³/mol. The van der Waals surface area contributed by atoms with E-state index in [2.05, 4.69) is 13.5 Å². The molecule has 0 spiro atoms. The first kappa shape index (κ1) is 28.2. The number of ether oxygens (including phenoxy) is 1. The Bertz CT molecular complexity index is 362. The van der Waals surface area contributed by atoms with Gasteiger partial charge in [0, 0.05) is 5.57 Å². The van der Waals surface area contributed by atoms with Gasteiger partial charge < -0.3 is 4.74 Å². The van der Waals surface area contributed by atoms with Gasteiger partial charge in [0.25, 0.3) is 0 Å². The Morgan fingerprint density at radius 3 is 1.17 bits per heavy atom. The molecule has 172 valence electrons. The van der Waals surface area contributed by atoms with Gasteiger partial charge in [-0.1, -0.05) is 142 Å². The fraction of sp³-hybridized carbons (Fsp3) is 0.889. The van der Waals surface area contributed by atoms with Crippen molar-refractivity contribution < 1.29 is 9.53 Å². The number of hydrogen-bond donors (Lipinski definition) is 0. The Morgan fingerprint density at radius 1 is 0.552 bits per heavy atom. The molecule has 0 amide bonds. The Hall–Kier alpha value is -0.790. The van der Waals surface area contributed by atoms with Gasteiger partial charge in [-0.2, -0.15) is 0 Å². The lowest BCUT2D eigenvalue weighted by Gasteiger charge is -2.06. The second-order valence-electron chi connectivity index (χ2n) is 8.81. The topological polar surface area (TPSA) is 26.3 Å². The van der Waals surface area contributed by atoms with Crippen LogP contribution in [0.1, 0.15) is 149 Å². The van der Waals surface area contributed by atoms with E-state index in [0.29, 0.717) is 18.6 Å². The average molecular weight is 409 g/mol. The van der Waals surface area contributed by atoms with Crippen LogP contribution in [0.4, 0.5) is 0 Å². The number of carbonyl (C=O) groups excluding carboxylic acids is 1. The van der Waals surface area contributed by atoms with Gasteiger partial charge in [0.05, 0.1) is 6.61 Å². The molecule has 0 fully saturated rings. The number of unbranched alkanes of at least 4 members (excludes halogenated alkanes) is 19. The first-order chi connectivity index (χ1) is 14.2. The monoisotopic (exact) mass is 408 g/mol. The molecule has 0 N–H and O–H groups in total. The predicted octanol–water partition coefficient (Wildman–Crippen LogP) is 9.32. The van der Waals surface area contributed by atoms with Crippen molar-refractivity contribution in [3.8, 4) is 0 Å². The number of carbonyl (C=O) groups is 1. The van der Waals surface area contributed by atoms with Gasteiger partial charge in [0.15, 0.2) is 0 Å². The molecule has 0 aliphatic carbocycles. The Kier molecular flexibility index (Phi) is 22.8. The lowest BCUT2D eigenvalue weighted by molar-refractivity contribution is -0.139.